The average molecular weight is 269 g/mol. The van der Waals surface area contributed by atoms with Gasteiger partial charge in [-0.1, -0.05) is 0 Å². The van der Waals surface area contributed by atoms with Gasteiger partial charge in [0.2, 0.25) is 0 Å². The van der Waals surface area contributed by atoms with Crippen molar-refractivity contribution in [2.24, 2.45) is 11.3 Å². The summed E-state index contributed by atoms with van der Waals surface area (Å²) in [6, 6.07) is 0. The van der Waals surface area contributed by atoms with Crippen LogP contribution >= 0.6 is 0 Å². The predicted molar refractivity (Wildman–Crippen MR) is 73.1 cm³/mol. The van der Waals surface area contributed by atoms with Crippen molar-refractivity contribution in [2.75, 3.05) is 32.9 Å². The Morgan fingerprint density at radius 2 is 2.16 bits per heavy atom. The largest absolute Gasteiger partial charge is 0.389 e. The van der Waals surface area contributed by atoms with Crippen molar-refractivity contribution >= 4 is 0 Å². The summed E-state index contributed by atoms with van der Waals surface area (Å²) < 4.78 is 11.0. The molecular weight excluding hydrogens is 242 g/mol. The summed E-state index contributed by atoms with van der Waals surface area (Å²) in [5.74, 6) is 0.980. The van der Waals surface area contributed by atoms with Crippen molar-refractivity contribution in [3.05, 3.63) is 0 Å². The number of hydrogen-bond donors (Lipinski definition) is 2. The summed E-state index contributed by atoms with van der Waals surface area (Å²) in [7, 11) is 0. The number of nitrogens with one attached hydrogen (secondary N) is 1. The summed E-state index contributed by atoms with van der Waals surface area (Å²) in [6.45, 7) is 3.65. The molecule has 3 aliphatic rings. The van der Waals surface area contributed by atoms with Crippen LogP contribution in [0.15, 0.2) is 0 Å². The number of ether oxygens (including phenoxy) is 2. The second kappa shape index (κ2) is 6.08. The third-order valence-electron chi connectivity index (χ3n) is 4.83. The molecule has 3 rings (SSSR count). The lowest BCUT2D eigenvalue weighted by atomic mass is 10.0. The summed E-state index contributed by atoms with van der Waals surface area (Å²) in [5.41, 5.74) is 0.609. The van der Waals surface area contributed by atoms with Gasteiger partial charge in [-0.2, -0.15) is 0 Å². The fraction of sp³-hybridized carbons (Fsp3) is 1.00. The van der Waals surface area contributed by atoms with Gasteiger partial charge in [0.15, 0.2) is 0 Å². The maximum atomic E-state index is 9.87. The van der Waals surface area contributed by atoms with Crippen LogP contribution in [0.25, 0.3) is 0 Å². The lowest BCUT2D eigenvalue weighted by Gasteiger charge is -2.18. The highest BCUT2D eigenvalue weighted by Crippen LogP contribution is 2.60. The van der Waals surface area contributed by atoms with Crippen molar-refractivity contribution in [3.8, 4) is 0 Å². The Balaban J connectivity index is 1.22. The Labute approximate surface area is 115 Å². The van der Waals surface area contributed by atoms with E-state index in [4.69, 9.17) is 9.47 Å². The Hall–Kier alpha value is -0.160. The van der Waals surface area contributed by atoms with E-state index < -0.39 is 6.10 Å². The van der Waals surface area contributed by atoms with E-state index in [1.54, 1.807) is 0 Å². The molecule has 19 heavy (non-hydrogen) atoms. The van der Waals surface area contributed by atoms with E-state index in [1.807, 2.05) is 0 Å². The first-order chi connectivity index (χ1) is 9.28. The first-order valence-corrected chi connectivity index (χ1v) is 7.87. The first-order valence-electron chi connectivity index (χ1n) is 7.87. The van der Waals surface area contributed by atoms with Gasteiger partial charge in [-0.15, -0.1) is 0 Å². The van der Waals surface area contributed by atoms with Crippen LogP contribution in [-0.4, -0.2) is 50.2 Å². The number of aliphatic hydroxyl groups is 1. The molecule has 4 nitrogen and oxygen atoms in total. The highest BCUT2D eigenvalue weighted by molar-refractivity contribution is 5.05. The Morgan fingerprint density at radius 1 is 1.32 bits per heavy atom. The fourth-order valence-electron chi connectivity index (χ4n) is 3.24. The summed E-state index contributed by atoms with van der Waals surface area (Å²) >= 11 is 0. The van der Waals surface area contributed by atoms with Crippen LogP contribution in [0.1, 0.15) is 38.5 Å². The van der Waals surface area contributed by atoms with Gasteiger partial charge >= 0.3 is 0 Å². The molecule has 1 heterocycles. The molecule has 0 aromatic rings. The molecule has 2 saturated carbocycles. The molecule has 0 radical (unpaired) electrons. The lowest BCUT2D eigenvalue weighted by Crippen LogP contribution is -2.35. The number of hydrogen-bond acceptors (Lipinski definition) is 4. The van der Waals surface area contributed by atoms with E-state index >= 15 is 0 Å². The third kappa shape index (κ3) is 3.91. The van der Waals surface area contributed by atoms with E-state index in [1.165, 1.54) is 25.7 Å². The van der Waals surface area contributed by atoms with Crippen molar-refractivity contribution in [1.29, 1.82) is 0 Å². The Kier molecular flexibility index (Phi) is 4.42. The summed E-state index contributed by atoms with van der Waals surface area (Å²) in [6.07, 6.45) is 7.72. The van der Waals surface area contributed by atoms with E-state index in [2.05, 4.69) is 5.32 Å². The van der Waals surface area contributed by atoms with Crippen LogP contribution in [0.5, 0.6) is 0 Å². The van der Waals surface area contributed by atoms with Crippen LogP contribution < -0.4 is 5.32 Å². The van der Waals surface area contributed by atoms with E-state index in [9.17, 15) is 5.11 Å². The average Bonchev–Trinajstić information content (AvgIpc) is 3.30. The zero-order chi connectivity index (χ0) is 13.1. The second-order valence-electron chi connectivity index (χ2n) is 6.59. The second-order valence-corrected chi connectivity index (χ2v) is 6.59. The van der Waals surface area contributed by atoms with Gasteiger partial charge in [0.25, 0.3) is 0 Å². The molecule has 2 unspecified atom stereocenters. The van der Waals surface area contributed by atoms with Crippen LogP contribution in [0.3, 0.4) is 0 Å². The third-order valence-corrected chi connectivity index (χ3v) is 4.83. The molecule has 0 aromatic carbocycles. The zero-order valence-corrected chi connectivity index (χ0v) is 11.8. The van der Waals surface area contributed by atoms with Crippen LogP contribution in [-0.2, 0) is 9.47 Å². The molecule has 1 aliphatic heterocycles. The molecule has 0 amide bonds. The quantitative estimate of drug-likeness (QED) is 0.663. The smallest absolute Gasteiger partial charge is 0.0897 e. The maximum Gasteiger partial charge on any atom is 0.0897 e. The summed E-state index contributed by atoms with van der Waals surface area (Å²) in [4.78, 5) is 0. The van der Waals surface area contributed by atoms with Gasteiger partial charge in [0, 0.05) is 19.7 Å². The maximum absolute atomic E-state index is 9.87. The number of rotatable bonds is 9. The fourth-order valence-corrected chi connectivity index (χ4v) is 3.24. The van der Waals surface area contributed by atoms with Gasteiger partial charge < -0.3 is 19.9 Å². The lowest BCUT2D eigenvalue weighted by molar-refractivity contribution is -0.0166. The highest BCUT2D eigenvalue weighted by atomic mass is 16.5. The van der Waals surface area contributed by atoms with Gasteiger partial charge in [0.1, 0.15) is 0 Å². The number of aliphatic hydroxyl groups excluding tert-OH is 1. The minimum absolute atomic E-state index is 0.254. The van der Waals surface area contributed by atoms with Crippen LogP contribution in [0, 0.1) is 11.3 Å². The van der Waals surface area contributed by atoms with Crippen molar-refractivity contribution in [1.82, 2.24) is 5.32 Å². The van der Waals surface area contributed by atoms with E-state index in [0.717, 1.165) is 31.9 Å². The minimum atomic E-state index is -0.392. The molecule has 0 bridgehead atoms. The van der Waals surface area contributed by atoms with Gasteiger partial charge in [-0.3, -0.25) is 0 Å². The van der Waals surface area contributed by atoms with Crippen LogP contribution in [0.2, 0.25) is 0 Å². The summed E-state index contributed by atoms with van der Waals surface area (Å²) in [5, 5.41) is 13.3. The minimum Gasteiger partial charge on any atom is -0.389 e. The van der Waals surface area contributed by atoms with E-state index in [-0.39, 0.29) is 6.10 Å². The van der Waals surface area contributed by atoms with Crippen molar-refractivity contribution in [3.63, 3.8) is 0 Å². The molecular formula is C15H27NO3. The van der Waals surface area contributed by atoms with Gasteiger partial charge in [-0.25, -0.2) is 0 Å². The Bertz CT molecular complexity index is 283. The van der Waals surface area contributed by atoms with Crippen LogP contribution in [0.4, 0.5) is 0 Å². The molecule has 110 valence electrons. The molecule has 3 fully saturated rings. The first kappa shape index (κ1) is 13.8. The predicted octanol–water partition coefficient (Wildman–Crippen LogP) is 1.32. The monoisotopic (exact) mass is 269 g/mol. The molecule has 0 aromatic heterocycles. The Morgan fingerprint density at radius 3 is 2.79 bits per heavy atom. The topological polar surface area (TPSA) is 50.7 Å². The van der Waals surface area contributed by atoms with Crippen molar-refractivity contribution in [2.45, 2.75) is 50.7 Å². The normalized spacial score (nSPS) is 30.5. The van der Waals surface area contributed by atoms with E-state index in [0.29, 0.717) is 25.2 Å². The molecule has 1 saturated heterocycles. The molecule has 2 atom stereocenters. The standard InChI is InChI=1S/C15H27NO3/c17-13(9-18-10-14-2-1-7-19-14)8-16-11-15(5-6-15)12-3-4-12/h12-14,16-17H,1-11H2. The highest BCUT2D eigenvalue weighted by Gasteiger charge is 2.53. The van der Waals surface area contributed by atoms with Crippen molar-refractivity contribution < 1.29 is 14.6 Å². The molecule has 0 spiro atoms. The molecule has 4 heteroatoms. The SMILES string of the molecule is OC(CNCC1(C2CC2)CC1)COCC1CCCO1. The molecule has 2 N–H and O–H groups in total. The molecule has 2 aliphatic carbocycles. The van der Waals surface area contributed by atoms with Gasteiger partial charge in [0.05, 0.1) is 25.4 Å². The van der Waals surface area contributed by atoms with Gasteiger partial charge in [-0.05, 0) is 49.9 Å². The zero-order valence-electron chi connectivity index (χ0n) is 11.8.